The Hall–Kier alpha value is -2.29. The average Bonchev–Trinajstić information content (AvgIpc) is 3.38. The number of likely N-dealkylation sites (N-methyl/N-ethyl adjacent to an activating group) is 1. The first-order valence-corrected chi connectivity index (χ1v) is 33.6. The Morgan fingerprint density at radius 3 is 1.22 bits per heavy atom. The second kappa shape index (κ2) is 56.0. The van der Waals surface area contributed by atoms with E-state index in [4.69, 9.17) is 13.8 Å². The summed E-state index contributed by atoms with van der Waals surface area (Å²) in [5.41, 5.74) is 0. The highest BCUT2D eigenvalue weighted by Crippen LogP contribution is 2.43. The Bertz CT molecular complexity index is 1490. The molecular weight excluding hydrogens is 964 g/mol. The second-order valence-corrected chi connectivity index (χ2v) is 24.4. The van der Waals surface area contributed by atoms with Gasteiger partial charge >= 0.3 is 13.8 Å². The maximum Gasteiger partial charge on any atom is 0.472 e. The molecule has 0 fully saturated rings. The van der Waals surface area contributed by atoms with Gasteiger partial charge in [0, 0.05) is 12.8 Å². The van der Waals surface area contributed by atoms with Gasteiger partial charge in [0.15, 0.2) is 0 Å². The third-order valence-corrected chi connectivity index (χ3v) is 15.2. The molecule has 0 spiro atoms. The molecule has 0 aromatic rings. The molecule has 9 nitrogen and oxygen atoms in total. The van der Waals surface area contributed by atoms with Gasteiger partial charge < -0.3 is 19.4 Å². The topological polar surface area (TPSA) is 111 Å². The van der Waals surface area contributed by atoms with Gasteiger partial charge in [0.2, 0.25) is 5.91 Å². The molecule has 0 bridgehead atoms. The van der Waals surface area contributed by atoms with E-state index in [-0.39, 0.29) is 31.5 Å². The Labute approximate surface area is 471 Å². The summed E-state index contributed by atoms with van der Waals surface area (Å²) in [5, 5.41) is 3.06. The monoisotopic (exact) mass is 1090 g/mol. The molecule has 0 aliphatic carbocycles. The number of hydrogen-bond acceptors (Lipinski definition) is 6. The van der Waals surface area contributed by atoms with Gasteiger partial charge in [-0.3, -0.25) is 18.6 Å². The van der Waals surface area contributed by atoms with Crippen molar-refractivity contribution in [2.75, 3.05) is 40.9 Å². The summed E-state index contributed by atoms with van der Waals surface area (Å²) in [6.45, 7) is 7.00. The van der Waals surface area contributed by atoms with E-state index in [1.807, 2.05) is 33.3 Å². The highest BCUT2D eigenvalue weighted by Gasteiger charge is 2.30. The standard InChI is InChI=1S/C66H123N2O7P/c1-7-10-13-16-19-22-25-27-29-30-31-32-33-34-35-36-37-38-39-41-44-47-50-53-56-59-66(70)75-64(57-54-51-48-45-42-24-21-18-15-12-9-3)63(62-74-76(71,72)73-61-60-68(4,5)6)67-65(69)58-55-52-49-46-43-40-28-26-23-20-17-14-11-8-2/h19,22,27,29,31-32,34-35,54,57,63-64H,7-18,20-21,23-26,28,30,33,36-53,55-56,58-62H2,1-6H3,(H-,67,69,71,72)/p+1/b22-19-,29-27-,32-31-,35-34-,57-54-. The Morgan fingerprint density at radius 2 is 0.803 bits per heavy atom. The smallest absolute Gasteiger partial charge is 0.456 e. The summed E-state index contributed by atoms with van der Waals surface area (Å²) in [6, 6.07) is -0.849. The Kier molecular flexibility index (Phi) is 54.3. The van der Waals surface area contributed by atoms with Gasteiger partial charge in [0.1, 0.15) is 19.3 Å². The third-order valence-electron chi connectivity index (χ3n) is 14.2. The lowest BCUT2D eigenvalue weighted by atomic mass is 10.0. The minimum Gasteiger partial charge on any atom is -0.456 e. The van der Waals surface area contributed by atoms with Crippen LogP contribution in [-0.4, -0.2) is 74.3 Å². The molecule has 3 atom stereocenters. The fourth-order valence-electron chi connectivity index (χ4n) is 9.22. The lowest BCUT2D eigenvalue weighted by Gasteiger charge is -2.27. The van der Waals surface area contributed by atoms with E-state index in [1.54, 1.807) is 0 Å². The zero-order valence-corrected chi connectivity index (χ0v) is 51.6. The summed E-state index contributed by atoms with van der Waals surface area (Å²) in [6.07, 6.45) is 70.7. The quantitative estimate of drug-likeness (QED) is 0.0205. The number of quaternary nitrogens is 1. The summed E-state index contributed by atoms with van der Waals surface area (Å²) in [7, 11) is 1.50. The summed E-state index contributed by atoms with van der Waals surface area (Å²) in [4.78, 5) is 37.7. The molecule has 1 amide bonds. The van der Waals surface area contributed by atoms with E-state index in [0.717, 1.165) is 83.5 Å². The molecule has 0 saturated carbocycles. The number of allylic oxidation sites excluding steroid dienone is 9. The first-order valence-electron chi connectivity index (χ1n) is 32.1. The first kappa shape index (κ1) is 73.7. The van der Waals surface area contributed by atoms with Crippen LogP contribution in [0.25, 0.3) is 0 Å². The molecule has 3 unspecified atom stereocenters. The third kappa shape index (κ3) is 56.4. The molecule has 0 aliphatic rings. The van der Waals surface area contributed by atoms with Crippen LogP contribution in [0, 0.1) is 0 Å². The van der Waals surface area contributed by atoms with E-state index in [2.05, 4.69) is 74.7 Å². The number of phosphoric ester groups is 1. The Balaban J connectivity index is 5.10. The van der Waals surface area contributed by atoms with Crippen LogP contribution in [0.15, 0.2) is 60.8 Å². The van der Waals surface area contributed by atoms with Gasteiger partial charge in [-0.2, -0.15) is 0 Å². The van der Waals surface area contributed by atoms with Crippen molar-refractivity contribution in [3.05, 3.63) is 60.8 Å². The van der Waals surface area contributed by atoms with Gasteiger partial charge in [0.25, 0.3) is 0 Å². The van der Waals surface area contributed by atoms with Crippen LogP contribution in [0.2, 0.25) is 0 Å². The van der Waals surface area contributed by atoms with E-state index >= 15 is 0 Å². The van der Waals surface area contributed by atoms with Gasteiger partial charge in [-0.25, -0.2) is 4.57 Å². The van der Waals surface area contributed by atoms with Crippen LogP contribution < -0.4 is 5.32 Å². The van der Waals surface area contributed by atoms with Crippen LogP contribution in [0.5, 0.6) is 0 Å². The number of phosphoric acid groups is 1. The van der Waals surface area contributed by atoms with Crippen molar-refractivity contribution in [2.24, 2.45) is 0 Å². The van der Waals surface area contributed by atoms with E-state index in [9.17, 15) is 19.0 Å². The molecule has 0 aliphatic heterocycles. The van der Waals surface area contributed by atoms with Gasteiger partial charge in [-0.05, 0) is 76.7 Å². The normalized spacial score (nSPS) is 14.0. The maximum atomic E-state index is 13.5. The highest BCUT2D eigenvalue weighted by atomic mass is 31.2. The van der Waals surface area contributed by atoms with Crippen LogP contribution in [0.1, 0.15) is 297 Å². The van der Waals surface area contributed by atoms with E-state index < -0.39 is 20.0 Å². The van der Waals surface area contributed by atoms with Crippen molar-refractivity contribution in [1.29, 1.82) is 0 Å². The highest BCUT2D eigenvalue weighted by molar-refractivity contribution is 7.47. The maximum absolute atomic E-state index is 13.5. The van der Waals surface area contributed by atoms with Crippen molar-refractivity contribution in [1.82, 2.24) is 5.32 Å². The molecule has 444 valence electrons. The number of carbonyl (C=O) groups excluding carboxylic acids is 2. The SMILES string of the molecule is CCCCC/C=C\C/C=C\C/C=C\C/C=C\CCCCCCCCCCCC(=O)OC(/C=C\CCCCCCCCCCC)C(COP(=O)(O)OCC[N+](C)(C)C)NC(=O)CCCCCCCCCCCCCCCC. The zero-order valence-electron chi connectivity index (χ0n) is 50.7. The summed E-state index contributed by atoms with van der Waals surface area (Å²) >= 11 is 0. The molecular formula is C66H124N2O7P+. The lowest BCUT2D eigenvalue weighted by Crippen LogP contribution is -2.47. The van der Waals surface area contributed by atoms with E-state index in [0.29, 0.717) is 17.4 Å². The number of carbonyl (C=O) groups is 2. The number of ether oxygens (including phenoxy) is 1. The molecule has 10 heteroatoms. The molecule has 0 heterocycles. The molecule has 76 heavy (non-hydrogen) atoms. The first-order chi connectivity index (χ1) is 36.9. The van der Waals surface area contributed by atoms with Crippen LogP contribution in [0.3, 0.4) is 0 Å². The molecule has 0 saturated heterocycles. The van der Waals surface area contributed by atoms with Crippen molar-refractivity contribution in [3.8, 4) is 0 Å². The van der Waals surface area contributed by atoms with Crippen molar-refractivity contribution in [3.63, 3.8) is 0 Å². The summed E-state index contributed by atoms with van der Waals surface area (Å²) < 4.78 is 30.7. The summed E-state index contributed by atoms with van der Waals surface area (Å²) in [5.74, 6) is -0.504. The van der Waals surface area contributed by atoms with Gasteiger partial charge in [0.05, 0.1) is 33.8 Å². The number of nitrogens with one attached hydrogen (secondary N) is 1. The molecule has 0 aromatic carbocycles. The number of amides is 1. The number of esters is 1. The number of unbranched alkanes of at least 4 members (excludes halogenated alkanes) is 34. The largest absolute Gasteiger partial charge is 0.472 e. The molecule has 2 N–H and O–H groups in total. The number of rotatable bonds is 58. The van der Waals surface area contributed by atoms with Gasteiger partial charge in [-0.1, -0.05) is 268 Å². The fourth-order valence-corrected chi connectivity index (χ4v) is 9.95. The fraction of sp³-hybridized carbons (Fsp3) is 0.818. The zero-order chi connectivity index (χ0) is 55.7. The van der Waals surface area contributed by atoms with E-state index in [1.165, 1.54) is 180 Å². The predicted molar refractivity (Wildman–Crippen MR) is 328 cm³/mol. The Morgan fingerprint density at radius 1 is 0.461 bits per heavy atom. The van der Waals surface area contributed by atoms with Crippen LogP contribution >= 0.6 is 7.82 Å². The number of hydrogen-bond donors (Lipinski definition) is 2. The molecule has 0 rings (SSSR count). The van der Waals surface area contributed by atoms with Crippen molar-refractivity contribution >= 4 is 19.7 Å². The van der Waals surface area contributed by atoms with Crippen molar-refractivity contribution in [2.45, 2.75) is 309 Å². The molecule has 0 aromatic heterocycles. The van der Waals surface area contributed by atoms with Gasteiger partial charge in [-0.15, -0.1) is 0 Å². The predicted octanol–water partition coefficient (Wildman–Crippen LogP) is 19.8. The number of nitrogens with zero attached hydrogens (tertiary/aromatic N) is 1. The minimum atomic E-state index is -4.45. The second-order valence-electron chi connectivity index (χ2n) is 22.9. The lowest BCUT2D eigenvalue weighted by molar-refractivity contribution is -0.870. The average molecular weight is 1090 g/mol. The molecule has 0 radical (unpaired) electrons. The minimum absolute atomic E-state index is 0.0395. The van der Waals surface area contributed by atoms with Crippen molar-refractivity contribution < 1.29 is 37.3 Å². The van der Waals surface area contributed by atoms with Crippen LogP contribution in [-0.2, 0) is 27.9 Å². The van der Waals surface area contributed by atoms with Crippen LogP contribution in [0.4, 0.5) is 0 Å².